The van der Waals surface area contributed by atoms with Gasteiger partial charge in [0.1, 0.15) is 6.04 Å². The molecule has 2 fully saturated rings. The number of amides is 5. The number of nitrogens with one attached hydrogen (secondary N) is 2. The van der Waals surface area contributed by atoms with Crippen molar-refractivity contribution in [3.63, 3.8) is 0 Å². The Kier molecular flexibility index (Phi) is 6.46. The van der Waals surface area contributed by atoms with Gasteiger partial charge in [0.15, 0.2) is 6.10 Å². The molecule has 5 amide bonds. The van der Waals surface area contributed by atoms with Crippen LogP contribution >= 0.6 is 0 Å². The van der Waals surface area contributed by atoms with E-state index in [1.165, 1.54) is 13.8 Å². The van der Waals surface area contributed by atoms with Crippen LogP contribution in [0.15, 0.2) is 0 Å². The lowest BCUT2D eigenvalue weighted by atomic mass is 9.81. The number of esters is 1. The van der Waals surface area contributed by atoms with Crippen LogP contribution in [0, 0.1) is 11.8 Å². The van der Waals surface area contributed by atoms with E-state index in [2.05, 4.69) is 10.6 Å². The number of hydrogen-bond donors (Lipinski definition) is 2. The molecule has 156 valence electrons. The fraction of sp³-hybridized carbons (Fsp3) is 0.737. The molecule has 0 bridgehead atoms. The van der Waals surface area contributed by atoms with E-state index in [0.717, 1.165) is 17.7 Å². The van der Waals surface area contributed by atoms with Gasteiger partial charge in [-0.25, -0.2) is 9.59 Å². The molecule has 9 nitrogen and oxygen atoms in total. The van der Waals surface area contributed by atoms with Crippen LogP contribution in [0.1, 0.15) is 60.3 Å². The lowest BCUT2D eigenvalue weighted by molar-refractivity contribution is -0.163. The summed E-state index contributed by atoms with van der Waals surface area (Å²) in [6, 6.07) is -1.83. The van der Waals surface area contributed by atoms with E-state index in [4.69, 9.17) is 4.74 Å². The number of imide groups is 2. The van der Waals surface area contributed by atoms with Gasteiger partial charge in [0.05, 0.1) is 11.8 Å². The highest BCUT2D eigenvalue weighted by Gasteiger charge is 2.51. The number of rotatable bonds is 4. The standard InChI is InChI=1S/C19H29N3O6/c1-10(22-15(24)12-8-6-7-9-13(12)16(22)25)17(26)28-11(2)14(23)20-18(27)21-19(3,4)5/h10-13H,6-9H2,1-5H3,(H2,20,21,23,27)/t10-,11-,12-,13+/m0/s1. The fourth-order valence-electron chi connectivity index (χ4n) is 3.59. The molecule has 2 rings (SSSR count). The number of ether oxygens (including phenoxy) is 1. The molecule has 1 aliphatic heterocycles. The van der Waals surface area contributed by atoms with Gasteiger partial charge in [0, 0.05) is 5.54 Å². The minimum absolute atomic E-state index is 0.346. The molecule has 0 aromatic heterocycles. The molecule has 0 aromatic carbocycles. The van der Waals surface area contributed by atoms with E-state index in [-0.39, 0.29) is 23.7 Å². The third kappa shape index (κ3) is 4.88. The minimum atomic E-state index is -1.25. The van der Waals surface area contributed by atoms with Crippen molar-refractivity contribution in [3.05, 3.63) is 0 Å². The van der Waals surface area contributed by atoms with Crippen LogP contribution in [0.4, 0.5) is 4.79 Å². The van der Waals surface area contributed by atoms with Crippen molar-refractivity contribution >= 4 is 29.7 Å². The highest BCUT2D eigenvalue weighted by molar-refractivity contribution is 6.08. The average molecular weight is 395 g/mol. The maximum atomic E-state index is 12.6. The Morgan fingerprint density at radius 2 is 1.54 bits per heavy atom. The van der Waals surface area contributed by atoms with E-state index < -0.39 is 35.6 Å². The van der Waals surface area contributed by atoms with Crippen LogP contribution in [0.2, 0.25) is 0 Å². The molecule has 1 saturated heterocycles. The second-order valence-electron chi connectivity index (χ2n) is 8.49. The Morgan fingerprint density at radius 3 is 2.00 bits per heavy atom. The van der Waals surface area contributed by atoms with E-state index in [9.17, 15) is 24.0 Å². The molecule has 0 spiro atoms. The summed E-state index contributed by atoms with van der Waals surface area (Å²) in [7, 11) is 0. The van der Waals surface area contributed by atoms with Crippen molar-refractivity contribution in [2.24, 2.45) is 11.8 Å². The minimum Gasteiger partial charge on any atom is -0.451 e. The summed E-state index contributed by atoms with van der Waals surface area (Å²) < 4.78 is 5.09. The first-order chi connectivity index (χ1) is 12.9. The lowest BCUT2D eigenvalue weighted by Crippen LogP contribution is -2.51. The molecule has 0 radical (unpaired) electrons. The van der Waals surface area contributed by atoms with Gasteiger partial charge in [-0.15, -0.1) is 0 Å². The molecule has 4 atom stereocenters. The molecule has 1 saturated carbocycles. The molecule has 2 N–H and O–H groups in total. The second-order valence-corrected chi connectivity index (χ2v) is 8.49. The molecule has 2 aliphatic rings. The summed E-state index contributed by atoms with van der Waals surface area (Å²) in [5.74, 6) is -3.08. The monoisotopic (exact) mass is 395 g/mol. The average Bonchev–Trinajstić information content (AvgIpc) is 2.83. The van der Waals surface area contributed by atoms with Crippen molar-refractivity contribution in [1.82, 2.24) is 15.5 Å². The van der Waals surface area contributed by atoms with Crippen molar-refractivity contribution in [1.29, 1.82) is 0 Å². The van der Waals surface area contributed by atoms with Crippen LogP contribution in [-0.4, -0.2) is 52.3 Å². The lowest BCUT2D eigenvalue weighted by Gasteiger charge is -2.24. The molecule has 9 heteroatoms. The van der Waals surface area contributed by atoms with E-state index in [0.29, 0.717) is 12.8 Å². The zero-order valence-corrected chi connectivity index (χ0v) is 17.0. The molecule has 0 unspecified atom stereocenters. The van der Waals surface area contributed by atoms with Gasteiger partial charge in [0.2, 0.25) is 11.8 Å². The van der Waals surface area contributed by atoms with Crippen LogP contribution < -0.4 is 10.6 Å². The highest BCUT2D eigenvalue weighted by Crippen LogP contribution is 2.38. The van der Waals surface area contributed by atoms with Crippen molar-refractivity contribution in [2.45, 2.75) is 78.0 Å². The third-order valence-electron chi connectivity index (χ3n) is 4.99. The first-order valence-corrected chi connectivity index (χ1v) is 9.63. The number of nitrogens with zero attached hydrogens (tertiary/aromatic N) is 1. The largest absolute Gasteiger partial charge is 0.451 e. The van der Waals surface area contributed by atoms with Crippen LogP contribution in [0.25, 0.3) is 0 Å². The van der Waals surface area contributed by atoms with Gasteiger partial charge in [-0.1, -0.05) is 12.8 Å². The smallest absolute Gasteiger partial charge is 0.329 e. The number of carbonyl (C=O) groups is 5. The molecule has 1 aliphatic carbocycles. The molecular weight excluding hydrogens is 366 g/mol. The van der Waals surface area contributed by atoms with Crippen LogP contribution in [-0.2, 0) is 23.9 Å². The summed E-state index contributed by atoms with van der Waals surface area (Å²) in [4.78, 5) is 62.3. The molecular formula is C19H29N3O6. The summed E-state index contributed by atoms with van der Waals surface area (Å²) in [5, 5.41) is 4.65. The number of carbonyl (C=O) groups excluding carboxylic acids is 5. The van der Waals surface area contributed by atoms with Gasteiger partial charge in [0.25, 0.3) is 5.91 Å². The van der Waals surface area contributed by atoms with Crippen LogP contribution in [0.3, 0.4) is 0 Å². The van der Waals surface area contributed by atoms with Gasteiger partial charge in [-0.2, -0.15) is 0 Å². The van der Waals surface area contributed by atoms with Crippen molar-refractivity contribution < 1.29 is 28.7 Å². The maximum absolute atomic E-state index is 12.6. The first kappa shape index (κ1) is 21.8. The van der Waals surface area contributed by atoms with E-state index in [1.807, 2.05) is 0 Å². The third-order valence-corrected chi connectivity index (χ3v) is 4.99. The number of likely N-dealkylation sites (tertiary alicyclic amines) is 1. The summed E-state index contributed by atoms with van der Waals surface area (Å²) in [6.45, 7) is 7.99. The predicted molar refractivity (Wildman–Crippen MR) is 98.7 cm³/mol. The molecule has 1 heterocycles. The first-order valence-electron chi connectivity index (χ1n) is 9.63. The van der Waals surface area contributed by atoms with Gasteiger partial charge in [-0.05, 0) is 47.5 Å². The number of urea groups is 1. The fourth-order valence-corrected chi connectivity index (χ4v) is 3.59. The number of hydrogen-bond acceptors (Lipinski definition) is 6. The maximum Gasteiger partial charge on any atom is 0.329 e. The summed E-state index contributed by atoms with van der Waals surface area (Å²) in [5.41, 5.74) is -0.536. The van der Waals surface area contributed by atoms with Crippen molar-refractivity contribution in [3.8, 4) is 0 Å². The number of fused-ring (bicyclic) bond motifs is 1. The Labute approximate surface area is 164 Å². The summed E-state index contributed by atoms with van der Waals surface area (Å²) in [6.07, 6.45) is 1.82. The van der Waals surface area contributed by atoms with Gasteiger partial charge < -0.3 is 10.1 Å². The Morgan fingerprint density at radius 1 is 1.04 bits per heavy atom. The molecule has 0 aromatic rings. The normalized spacial score (nSPS) is 24.2. The Hall–Kier alpha value is -2.45. The Bertz CT molecular complexity index is 660. The molecule has 28 heavy (non-hydrogen) atoms. The zero-order chi connectivity index (χ0) is 21.2. The highest BCUT2D eigenvalue weighted by atomic mass is 16.5. The second kappa shape index (κ2) is 8.28. The van der Waals surface area contributed by atoms with Crippen LogP contribution in [0.5, 0.6) is 0 Å². The predicted octanol–water partition coefficient (Wildman–Crippen LogP) is 1.11. The topological polar surface area (TPSA) is 122 Å². The van der Waals surface area contributed by atoms with Gasteiger partial charge >= 0.3 is 12.0 Å². The summed E-state index contributed by atoms with van der Waals surface area (Å²) >= 11 is 0. The van der Waals surface area contributed by atoms with Crippen molar-refractivity contribution in [2.75, 3.05) is 0 Å². The van der Waals surface area contributed by atoms with Gasteiger partial charge in [-0.3, -0.25) is 24.6 Å². The van der Waals surface area contributed by atoms with E-state index >= 15 is 0 Å². The quantitative estimate of drug-likeness (QED) is 0.543. The Balaban J connectivity index is 1.94. The SMILES string of the molecule is C[C@H](OC(=O)[C@H](C)N1C(=O)[C@H]2CCCC[C@H]2C1=O)C(=O)NC(=O)NC(C)(C)C. The van der Waals surface area contributed by atoms with E-state index in [1.54, 1.807) is 20.8 Å². The zero-order valence-electron chi connectivity index (χ0n) is 17.0.